The Kier molecular flexibility index (Phi) is 1.89. The van der Waals surface area contributed by atoms with Gasteiger partial charge in [0.1, 0.15) is 5.75 Å². The zero-order valence-electron chi connectivity index (χ0n) is 7.70. The van der Waals surface area contributed by atoms with E-state index in [0.717, 1.165) is 5.52 Å². The van der Waals surface area contributed by atoms with Crippen LogP contribution in [0.15, 0.2) is 29.2 Å². The minimum atomic E-state index is -0.169. The lowest BCUT2D eigenvalue weighted by Gasteiger charge is -2.02. The molecule has 0 amide bonds. The molecule has 0 atom stereocenters. The van der Waals surface area contributed by atoms with Crippen molar-refractivity contribution in [3.05, 3.63) is 34.6 Å². The summed E-state index contributed by atoms with van der Waals surface area (Å²) in [5, 5.41) is 0.546. The van der Waals surface area contributed by atoms with Gasteiger partial charge in [0.15, 0.2) is 0 Å². The van der Waals surface area contributed by atoms with Crippen LogP contribution in [-0.4, -0.2) is 12.1 Å². The Morgan fingerprint density at radius 3 is 2.93 bits per heavy atom. The van der Waals surface area contributed by atoms with Crippen molar-refractivity contribution in [1.82, 2.24) is 4.98 Å². The van der Waals surface area contributed by atoms with Crippen molar-refractivity contribution in [3.63, 3.8) is 0 Å². The molecule has 1 aromatic heterocycles. The highest BCUT2D eigenvalue weighted by Gasteiger charge is 2.02. The molecule has 72 valence electrons. The molecular formula is C10H10N2O2. The number of nitrogens with one attached hydrogen (secondary N) is 1. The molecule has 3 N–H and O–H groups in total. The number of H-pyrrole nitrogens is 1. The van der Waals surface area contributed by atoms with Gasteiger partial charge in [-0.25, -0.2) is 0 Å². The molecule has 14 heavy (non-hydrogen) atoms. The molecule has 0 spiro atoms. The van der Waals surface area contributed by atoms with Crippen LogP contribution in [0.5, 0.6) is 5.75 Å². The molecule has 0 saturated carbocycles. The summed E-state index contributed by atoms with van der Waals surface area (Å²) in [5.41, 5.74) is 6.29. The van der Waals surface area contributed by atoms with E-state index in [1.807, 2.05) is 0 Å². The van der Waals surface area contributed by atoms with Gasteiger partial charge in [-0.05, 0) is 18.2 Å². The number of aromatic nitrogens is 1. The van der Waals surface area contributed by atoms with Gasteiger partial charge < -0.3 is 15.5 Å². The van der Waals surface area contributed by atoms with Crippen LogP contribution in [0, 0.1) is 0 Å². The fourth-order valence-corrected chi connectivity index (χ4v) is 1.34. The number of methoxy groups -OCH3 is 1. The van der Waals surface area contributed by atoms with E-state index < -0.39 is 0 Å². The van der Waals surface area contributed by atoms with E-state index in [4.69, 9.17) is 10.5 Å². The molecule has 4 heteroatoms. The van der Waals surface area contributed by atoms with Crippen molar-refractivity contribution < 1.29 is 4.74 Å². The lowest BCUT2D eigenvalue weighted by Crippen LogP contribution is -2.08. The van der Waals surface area contributed by atoms with E-state index in [2.05, 4.69) is 4.98 Å². The van der Waals surface area contributed by atoms with Gasteiger partial charge in [0, 0.05) is 11.7 Å². The van der Waals surface area contributed by atoms with Crippen molar-refractivity contribution >= 4 is 16.6 Å². The zero-order chi connectivity index (χ0) is 10.1. The largest absolute Gasteiger partial charge is 0.497 e. The summed E-state index contributed by atoms with van der Waals surface area (Å²) in [6.07, 6.45) is 1.50. The molecule has 0 radical (unpaired) electrons. The maximum atomic E-state index is 11.6. The number of aromatic amines is 1. The normalized spacial score (nSPS) is 10.4. The second-order valence-electron chi connectivity index (χ2n) is 2.98. The smallest absolute Gasteiger partial charge is 0.212 e. The second-order valence-corrected chi connectivity index (χ2v) is 2.98. The number of anilines is 1. The maximum Gasteiger partial charge on any atom is 0.212 e. The third-order valence-corrected chi connectivity index (χ3v) is 2.12. The highest BCUT2D eigenvalue weighted by molar-refractivity contribution is 5.82. The molecule has 4 nitrogen and oxygen atoms in total. The Labute approximate surface area is 80.3 Å². The Balaban J connectivity index is 2.85. The summed E-state index contributed by atoms with van der Waals surface area (Å²) in [5.74, 6) is 0.647. The zero-order valence-corrected chi connectivity index (χ0v) is 7.70. The number of pyridine rings is 1. The fourth-order valence-electron chi connectivity index (χ4n) is 1.34. The first-order valence-corrected chi connectivity index (χ1v) is 4.17. The molecular weight excluding hydrogens is 180 g/mol. The quantitative estimate of drug-likeness (QED) is 0.708. The Morgan fingerprint density at radius 1 is 1.43 bits per heavy atom. The van der Waals surface area contributed by atoms with Crippen molar-refractivity contribution in [2.75, 3.05) is 12.8 Å². The van der Waals surface area contributed by atoms with E-state index in [9.17, 15) is 4.79 Å². The van der Waals surface area contributed by atoms with Gasteiger partial charge in [-0.3, -0.25) is 4.79 Å². The van der Waals surface area contributed by atoms with Crippen LogP contribution >= 0.6 is 0 Å². The highest BCUT2D eigenvalue weighted by atomic mass is 16.5. The molecule has 1 aromatic carbocycles. The minimum Gasteiger partial charge on any atom is -0.497 e. The number of nitrogen functional groups attached to an aromatic ring is 1. The summed E-state index contributed by atoms with van der Waals surface area (Å²) >= 11 is 0. The van der Waals surface area contributed by atoms with Crippen LogP contribution in [0.3, 0.4) is 0 Å². The first-order chi connectivity index (χ1) is 6.72. The molecule has 0 bridgehead atoms. The van der Waals surface area contributed by atoms with Gasteiger partial charge in [-0.1, -0.05) is 0 Å². The predicted molar refractivity (Wildman–Crippen MR) is 55.5 cm³/mol. The van der Waals surface area contributed by atoms with Crippen molar-refractivity contribution in [2.24, 2.45) is 0 Å². The first-order valence-electron chi connectivity index (χ1n) is 4.17. The van der Waals surface area contributed by atoms with Crippen molar-refractivity contribution in [2.45, 2.75) is 0 Å². The standard InChI is InChI=1S/C10H10N2O2/c1-14-6-2-3-9-7(4-6)10(13)8(11)5-12-9/h2-5H,11H2,1H3,(H,12,13). The summed E-state index contributed by atoms with van der Waals surface area (Å²) in [6, 6.07) is 5.24. The number of hydrogen-bond donors (Lipinski definition) is 2. The SMILES string of the molecule is COc1ccc2[nH]cc(N)c(=O)c2c1. The predicted octanol–water partition coefficient (Wildman–Crippen LogP) is 1.12. The van der Waals surface area contributed by atoms with Crippen LogP contribution in [-0.2, 0) is 0 Å². The van der Waals surface area contributed by atoms with E-state index in [-0.39, 0.29) is 11.1 Å². The second kappa shape index (κ2) is 3.06. The third-order valence-electron chi connectivity index (χ3n) is 2.12. The van der Waals surface area contributed by atoms with E-state index >= 15 is 0 Å². The first kappa shape index (κ1) is 8.62. The Hall–Kier alpha value is -1.97. The molecule has 0 saturated heterocycles. The van der Waals surface area contributed by atoms with Crippen LogP contribution < -0.4 is 15.9 Å². The molecule has 0 aliphatic heterocycles. The topological polar surface area (TPSA) is 68.1 Å². The minimum absolute atomic E-state index is 0.169. The van der Waals surface area contributed by atoms with Crippen LogP contribution in [0.1, 0.15) is 0 Å². The molecule has 0 aliphatic rings. The molecule has 2 aromatic rings. The van der Waals surface area contributed by atoms with Gasteiger partial charge in [0.25, 0.3) is 0 Å². The molecule has 2 rings (SSSR count). The van der Waals surface area contributed by atoms with Gasteiger partial charge in [0.05, 0.1) is 18.2 Å². The summed E-state index contributed by atoms with van der Waals surface area (Å²) in [6.45, 7) is 0. The van der Waals surface area contributed by atoms with Crippen molar-refractivity contribution in [3.8, 4) is 5.75 Å². The summed E-state index contributed by atoms with van der Waals surface area (Å²) in [7, 11) is 1.56. The van der Waals surface area contributed by atoms with E-state index in [1.54, 1.807) is 25.3 Å². The molecule has 0 aliphatic carbocycles. The van der Waals surface area contributed by atoms with Gasteiger partial charge in [0.2, 0.25) is 5.43 Å². The number of fused-ring (bicyclic) bond motifs is 1. The lowest BCUT2D eigenvalue weighted by atomic mass is 10.2. The van der Waals surface area contributed by atoms with Gasteiger partial charge in [-0.15, -0.1) is 0 Å². The molecule has 0 fully saturated rings. The molecule has 1 heterocycles. The Bertz CT molecular complexity index is 531. The summed E-state index contributed by atoms with van der Waals surface area (Å²) < 4.78 is 5.02. The number of ether oxygens (including phenoxy) is 1. The number of hydrogen-bond acceptors (Lipinski definition) is 3. The average molecular weight is 190 g/mol. The fraction of sp³-hybridized carbons (Fsp3) is 0.100. The number of benzene rings is 1. The third kappa shape index (κ3) is 1.21. The highest BCUT2D eigenvalue weighted by Crippen LogP contribution is 2.16. The molecule has 0 unspecified atom stereocenters. The van der Waals surface area contributed by atoms with E-state index in [1.165, 1.54) is 6.20 Å². The Morgan fingerprint density at radius 2 is 2.21 bits per heavy atom. The van der Waals surface area contributed by atoms with E-state index in [0.29, 0.717) is 11.1 Å². The van der Waals surface area contributed by atoms with Gasteiger partial charge >= 0.3 is 0 Å². The summed E-state index contributed by atoms with van der Waals surface area (Å²) in [4.78, 5) is 14.5. The average Bonchev–Trinajstić information content (AvgIpc) is 2.23. The van der Waals surface area contributed by atoms with Crippen molar-refractivity contribution in [1.29, 1.82) is 0 Å². The van der Waals surface area contributed by atoms with Crippen LogP contribution in [0.2, 0.25) is 0 Å². The number of nitrogens with two attached hydrogens (primary N) is 1. The van der Waals surface area contributed by atoms with Crippen LogP contribution in [0.25, 0.3) is 10.9 Å². The monoisotopic (exact) mass is 190 g/mol. The van der Waals surface area contributed by atoms with Gasteiger partial charge in [-0.2, -0.15) is 0 Å². The number of rotatable bonds is 1. The lowest BCUT2D eigenvalue weighted by molar-refractivity contribution is 0.415. The van der Waals surface area contributed by atoms with Crippen LogP contribution in [0.4, 0.5) is 5.69 Å². The maximum absolute atomic E-state index is 11.6.